The molecule has 2 aromatic heterocycles. The molecule has 32 heavy (non-hydrogen) atoms. The number of hydrogen-bond acceptors (Lipinski definition) is 3. The fourth-order valence-corrected chi connectivity index (χ4v) is 4.29. The highest BCUT2D eigenvalue weighted by Gasteiger charge is 2.57. The number of aliphatic hydroxyl groups is 1. The van der Waals surface area contributed by atoms with Gasteiger partial charge in [0.15, 0.2) is 0 Å². The number of aryl methyl sites for hydroxylation is 1. The molecule has 1 unspecified atom stereocenters. The molecule has 5 nitrogen and oxygen atoms in total. The monoisotopic (exact) mass is 438 g/mol. The van der Waals surface area contributed by atoms with Crippen LogP contribution in [0, 0.1) is 0 Å². The van der Waals surface area contributed by atoms with Gasteiger partial charge in [-0.15, -0.1) is 0 Å². The van der Waals surface area contributed by atoms with E-state index in [0.717, 1.165) is 5.70 Å². The molecule has 1 aliphatic heterocycles. The number of allylic oxidation sites excluding steroid dienone is 2. The standard InChI is InChI=1S/C24H21F3N4O/c1-29-11-9-18(10-12-29)31-21-8-7-17(13-16(21)14-28-31)23(32,24(25,26)27)20-15-30(2)22-6-4-3-5-19(20)22/h3-11,13-15,32H,12H2,1-2H3. The number of aromatic nitrogens is 3. The van der Waals surface area contributed by atoms with Gasteiger partial charge in [-0.05, 0) is 35.9 Å². The highest BCUT2D eigenvalue weighted by atomic mass is 19.4. The smallest absolute Gasteiger partial charge is 0.377 e. The second-order valence-electron chi connectivity index (χ2n) is 8.09. The maximum absolute atomic E-state index is 14.4. The molecule has 1 atom stereocenters. The van der Waals surface area contributed by atoms with Gasteiger partial charge in [-0.3, -0.25) is 0 Å². The van der Waals surface area contributed by atoms with E-state index in [2.05, 4.69) is 5.10 Å². The summed E-state index contributed by atoms with van der Waals surface area (Å²) >= 11 is 0. The SMILES string of the molecule is CN1C=CC(n2ncc3cc(C(O)(c4cn(C)c5ccccc45)C(F)(F)F)ccc32)=CC1. The van der Waals surface area contributed by atoms with Crippen LogP contribution in [0.1, 0.15) is 11.1 Å². The minimum atomic E-state index is -4.93. The normalized spacial score (nSPS) is 16.6. The number of nitrogens with zero attached hydrogens (tertiary/aromatic N) is 4. The van der Waals surface area contributed by atoms with Crippen LogP contribution in [0.5, 0.6) is 0 Å². The summed E-state index contributed by atoms with van der Waals surface area (Å²) in [4.78, 5) is 2.00. The average Bonchev–Trinajstić information content (AvgIpc) is 3.34. The van der Waals surface area contributed by atoms with Gasteiger partial charge < -0.3 is 14.6 Å². The summed E-state index contributed by atoms with van der Waals surface area (Å²) in [5.41, 5.74) is -1.50. The minimum Gasteiger partial charge on any atom is -0.377 e. The molecule has 2 aromatic carbocycles. The zero-order valence-electron chi connectivity index (χ0n) is 17.5. The van der Waals surface area contributed by atoms with Crippen molar-refractivity contribution < 1.29 is 18.3 Å². The van der Waals surface area contributed by atoms with Gasteiger partial charge in [0.05, 0.1) is 17.4 Å². The minimum absolute atomic E-state index is 0.198. The summed E-state index contributed by atoms with van der Waals surface area (Å²) in [6, 6.07) is 11.0. The Morgan fingerprint density at radius 1 is 1.03 bits per heavy atom. The lowest BCUT2D eigenvalue weighted by Gasteiger charge is -2.31. The molecule has 4 aromatic rings. The van der Waals surface area contributed by atoms with Crippen molar-refractivity contribution >= 4 is 27.5 Å². The molecule has 8 heteroatoms. The second kappa shape index (κ2) is 7.00. The van der Waals surface area contributed by atoms with Gasteiger partial charge in [0.25, 0.3) is 0 Å². The number of halogens is 3. The van der Waals surface area contributed by atoms with E-state index in [4.69, 9.17) is 0 Å². The van der Waals surface area contributed by atoms with Crippen molar-refractivity contribution in [1.29, 1.82) is 0 Å². The second-order valence-corrected chi connectivity index (χ2v) is 8.09. The number of para-hydroxylation sites is 1. The lowest BCUT2D eigenvalue weighted by atomic mass is 9.85. The Labute approximate surface area is 182 Å². The third kappa shape index (κ3) is 2.94. The largest absolute Gasteiger partial charge is 0.425 e. The van der Waals surface area contributed by atoms with Crippen LogP contribution in [0.25, 0.3) is 27.5 Å². The Morgan fingerprint density at radius 3 is 2.53 bits per heavy atom. The topological polar surface area (TPSA) is 46.2 Å². The van der Waals surface area contributed by atoms with Crippen LogP contribution in [0.4, 0.5) is 13.2 Å². The summed E-state index contributed by atoms with van der Waals surface area (Å²) in [6.45, 7) is 0.709. The van der Waals surface area contributed by atoms with Gasteiger partial charge in [-0.2, -0.15) is 18.3 Å². The third-order valence-corrected chi connectivity index (χ3v) is 6.02. The van der Waals surface area contributed by atoms with Gasteiger partial charge in [-0.1, -0.05) is 24.3 Å². The van der Waals surface area contributed by atoms with E-state index < -0.39 is 11.8 Å². The van der Waals surface area contributed by atoms with Gasteiger partial charge in [0.1, 0.15) is 0 Å². The number of benzene rings is 2. The number of alkyl halides is 3. The highest BCUT2D eigenvalue weighted by Crippen LogP contribution is 2.47. The maximum atomic E-state index is 14.4. The molecule has 164 valence electrons. The van der Waals surface area contributed by atoms with Crippen LogP contribution in [0.3, 0.4) is 0 Å². The molecule has 0 bridgehead atoms. The number of likely N-dealkylation sites (N-methyl/N-ethyl adjacent to an activating group) is 1. The molecule has 0 saturated heterocycles. The van der Waals surface area contributed by atoms with Crippen molar-refractivity contribution in [2.75, 3.05) is 13.6 Å². The first-order valence-electron chi connectivity index (χ1n) is 10.1. The third-order valence-electron chi connectivity index (χ3n) is 6.02. The van der Waals surface area contributed by atoms with Crippen LogP contribution in [-0.2, 0) is 12.6 Å². The molecule has 3 heterocycles. The van der Waals surface area contributed by atoms with E-state index in [1.165, 1.54) is 24.5 Å². The zero-order chi connectivity index (χ0) is 22.7. The fourth-order valence-electron chi connectivity index (χ4n) is 4.29. The Balaban J connectivity index is 1.68. The molecular formula is C24H21F3N4O. The zero-order valence-corrected chi connectivity index (χ0v) is 17.5. The Morgan fingerprint density at radius 2 is 1.81 bits per heavy atom. The van der Waals surface area contributed by atoms with Crippen LogP contribution in [0.15, 0.2) is 73.2 Å². The van der Waals surface area contributed by atoms with Crippen molar-refractivity contribution in [2.45, 2.75) is 11.8 Å². The summed E-state index contributed by atoms with van der Waals surface area (Å²) in [7, 11) is 3.61. The van der Waals surface area contributed by atoms with Crippen LogP contribution in [0.2, 0.25) is 0 Å². The molecule has 0 aliphatic carbocycles. The number of hydrogen-bond donors (Lipinski definition) is 1. The van der Waals surface area contributed by atoms with E-state index >= 15 is 0 Å². The van der Waals surface area contributed by atoms with Crippen molar-refractivity contribution in [2.24, 2.45) is 7.05 Å². The summed E-state index contributed by atoms with van der Waals surface area (Å²) < 4.78 is 46.6. The van der Waals surface area contributed by atoms with Crippen molar-refractivity contribution in [1.82, 2.24) is 19.2 Å². The lowest BCUT2D eigenvalue weighted by Crippen LogP contribution is -2.43. The van der Waals surface area contributed by atoms with Gasteiger partial charge in [0.2, 0.25) is 5.60 Å². The highest BCUT2D eigenvalue weighted by molar-refractivity contribution is 5.87. The first kappa shape index (κ1) is 20.4. The molecular weight excluding hydrogens is 417 g/mol. The summed E-state index contributed by atoms with van der Waals surface area (Å²) in [6.07, 6.45) is 3.74. The first-order chi connectivity index (χ1) is 15.2. The first-order valence-corrected chi connectivity index (χ1v) is 10.1. The van der Waals surface area contributed by atoms with E-state index in [1.807, 2.05) is 30.3 Å². The summed E-state index contributed by atoms with van der Waals surface area (Å²) in [5.74, 6) is 0. The fraction of sp³-hybridized carbons (Fsp3) is 0.208. The Kier molecular flexibility index (Phi) is 4.46. The Bertz CT molecular complexity index is 1400. The van der Waals surface area contributed by atoms with Gasteiger partial charge in [-0.25, -0.2) is 4.68 Å². The average molecular weight is 438 g/mol. The molecule has 1 aliphatic rings. The lowest BCUT2D eigenvalue weighted by molar-refractivity contribution is -0.247. The Hall–Kier alpha value is -3.52. The predicted octanol–water partition coefficient (Wildman–Crippen LogP) is 4.63. The van der Waals surface area contributed by atoms with Gasteiger partial charge >= 0.3 is 6.18 Å². The van der Waals surface area contributed by atoms with Gasteiger partial charge in [0, 0.05) is 54.9 Å². The molecule has 0 saturated carbocycles. The molecule has 1 N–H and O–H groups in total. The predicted molar refractivity (Wildman–Crippen MR) is 118 cm³/mol. The molecule has 0 fully saturated rings. The molecule has 0 radical (unpaired) electrons. The van der Waals surface area contributed by atoms with E-state index in [0.29, 0.717) is 28.4 Å². The summed E-state index contributed by atoms with van der Waals surface area (Å²) in [5, 5.41) is 16.5. The van der Waals surface area contributed by atoms with Crippen LogP contribution in [-0.4, -0.2) is 44.1 Å². The molecule has 5 rings (SSSR count). The maximum Gasteiger partial charge on any atom is 0.425 e. The van der Waals surface area contributed by atoms with E-state index in [1.54, 1.807) is 46.6 Å². The molecule has 0 amide bonds. The number of rotatable bonds is 3. The van der Waals surface area contributed by atoms with Crippen molar-refractivity contribution in [3.8, 4) is 0 Å². The van der Waals surface area contributed by atoms with E-state index in [-0.39, 0.29) is 11.1 Å². The number of fused-ring (bicyclic) bond motifs is 2. The molecule has 0 spiro atoms. The quantitative estimate of drug-likeness (QED) is 0.508. The van der Waals surface area contributed by atoms with Crippen molar-refractivity contribution in [3.63, 3.8) is 0 Å². The van der Waals surface area contributed by atoms with Crippen LogP contribution < -0.4 is 0 Å². The van der Waals surface area contributed by atoms with Crippen molar-refractivity contribution in [3.05, 3.63) is 84.3 Å². The van der Waals surface area contributed by atoms with E-state index in [9.17, 15) is 18.3 Å². The van der Waals surface area contributed by atoms with Crippen LogP contribution >= 0.6 is 0 Å².